The van der Waals surface area contributed by atoms with Crippen molar-refractivity contribution in [3.63, 3.8) is 0 Å². The van der Waals surface area contributed by atoms with Gasteiger partial charge in [0.25, 0.3) is 0 Å². The van der Waals surface area contributed by atoms with Gasteiger partial charge in [0.15, 0.2) is 0 Å². The van der Waals surface area contributed by atoms with E-state index in [9.17, 15) is 4.79 Å². The Morgan fingerprint density at radius 1 is 1.44 bits per heavy atom. The normalized spacial score (nSPS) is 9.69. The Balaban J connectivity index is 3.20. The monoisotopic (exact) mass is 219 g/mol. The molecule has 0 fully saturated rings. The van der Waals surface area contributed by atoms with Gasteiger partial charge < -0.3 is 16.0 Å². The number of allylic oxidation sites excluding steroid dienone is 1. The molecule has 0 unspecified atom stereocenters. The molecular weight excluding hydrogens is 202 g/mol. The summed E-state index contributed by atoms with van der Waals surface area (Å²) in [6.07, 6.45) is 0. The molecule has 86 valence electrons. The lowest BCUT2D eigenvalue weighted by Crippen LogP contribution is -2.20. The van der Waals surface area contributed by atoms with Gasteiger partial charge in [0.2, 0.25) is 0 Å². The van der Waals surface area contributed by atoms with Gasteiger partial charge in [-0.15, -0.1) is 0 Å². The van der Waals surface area contributed by atoms with Gasteiger partial charge in [-0.05, 0) is 24.6 Å². The highest BCUT2D eigenvalue weighted by molar-refractivity contribution is 5.92. The second kappa shape index (κ2) is 4.70. The summed E-state index contributed by atoms with van der Waals surface area (Å²) >= 11 is 0. The zero-order valence-electron chi connectivity index (χ0n) is 9.87. The highest BCUT2D eigenvalue weighted by Gasteiger charge is 2.07. The van der Waals surface area contributed by atoms with Gasteiger partial charge >= 0.3 is 6.03 Å². The van der Waals surface area contributed by atoms with Crippen LogP contribution in [-0.4, -0.2) is 20.1 Å². The Bertz CT molecular complexity index is 424. The van der Waals surface area contributed by atoms with Crippen molar-refractivity contribution in [2.24, 2.45) is 5.73 Å². The largest absolute Gasteiger partial charge is 0.378 e. The SMILES string of the molecule is C=C(C)c1ccc(N(C)C)cc1NC(N)=O. The molecule has 0 bridgehead atoms. The van der Waals surface area contributed by atoms with Crippen molar-refractivity contribution in [1.82, 2.24) is 0 Å². The van der Waals surface area contributed by atoms with Crippen molar-refractivity contribution in [2.45, 2.75) is 6.92 Å². The summed E-state index contributed by atoms with van der Waals surface area (Å²) in [5.41, 5.74) is 8.58. The number of rotatable bonds is 3. The topological polar surface area (TPSA) is 58.4 Å². The molecular formula is C12H17N3O. The molecule has 0 aliphatic rings. The molecule has 3 N–H and O–H groups in total. The van der Waals surface area contributed by atoms with Crippen LogP contribution in [-0.2, 0) is 0 Å². The molecule has 1 aromatic carbocycles. The fourth-order valence-corrected chi connectivity index (χ4v) is 1.42. The number of nitrogens with zero attached hydrogens (tertiary/aromatic N) is 1. The summed E-state index contributed by atoms with van der Waals surface area (Å²) < 4.78 is 0. The van der Waals surface area contributed by atoms with Crippen LogP contribution in [0.5, 0.6) is 0 Å². The number of carbonyl (C=O) groups excluding carboxylic acids is 1. The fraction of sp³-hybridized carbons (Fsp3) is 0.250. The molecule has 0 radical (unpaired) electrons. The molecule has 0 aliphatic carbocycles. The van der Waals surface area contributed by atoms with E-state index in [4.69, 9.17) is 5.73 Å². The number of primary amides is 1. The van der Waals surface area contributed by atoms with Gasteiger partial charge in [0.05, 0.1) is 5.69 Å². The van der Waals surface area contributed by atoms with Crippen molar-refractivity contribution in [2.75, 3.05) is 24.3 Å². The van der Waals surface area contributed by atoms with Crippen molar-refractivity contribution < 1.29 is 4.79 Å². The second-order valence-corrected chi connectivity index (χ2v) is 3.89. The molecule has 0 aromatic heterocycles. The molecule has 4 heteroatoms. The van der Waals surface area contributed by atoms with Crippen LogP contribution in [0, 0.1) is 0 Å². The Hall–Kier alpha value is -1.97. The lowest BCUT2D eigenvalue weighted by atomic mass is 10.1. The summed E-state index contributed by atoms with van der Waals surface area (Å²) in [6, 6.07) is 5.19. The summed E-state index contributed by atoms with van der Waals surface area (Å²) in [6.45, 7) is 5.75. The minimum Gasteiger partial charge on any atom is -0.378 e. The lowest BCUT2D eigenvalue weighted by Gasteiger charge is -2.16. The molecule has 0 saturated heterocycles. The minimum atomic E-state index is -0.571. The predicted octanol–water partition coefficient (Wildman–Crippen LogP) is 2.28. The Morgan fingerprint density at radius 2 is 2.06 bits per heavy atom. The van der Waals surface area contributed by atoms with E-state index in [1.165, 1.54) is 0 Å². The average Bonchev–Trinajstić information content (AvgIpc) is 2.15. The van der Waals surface area contributed by atoms with Crippen LogP contribution in [0.3, 0.4) is 0 Å². The lowest BCUT2D eigenvalue weighted by molar-refractivity contribution is 0.259. The zero-order valence-corrected chi connectivity index (χ0v) is 9.87. The van der Waals surface area contributed by atoms with Crippen LogP contribution < -0.4 is 16.0 Å². The maximum Gasteiger partial charge on any atom is 0.316 e. The number of benzene rings is 1. The number of hydrogen-bond donors (Lipinski definition) is 2. The Labute approximate surface area is 95.7 Å². The highest BCUT2D eigenvalue weighted by atomic mass is 16.2. The summed E-state index contributed by atoms with van der Waals surface area (Å²) in [5, 5.41) is 2.60. The molecule has 1 aromatic rings. The van der Waals surface area contributed by atoms with Gasteiger partial charge in [-0.1, -0.05) is 12.6 Å². The summed E-state index contributed by atoms with van der Waals surface area (Å²) in [4.78, 5) is 12.8. The first-order valence-corrected chi connectivity index (χ1v) is 4.95. The quantitative estimate of drug-likeness (QED) is 0.819. The van der Waals surface area contributed by atoms with E-state index in [0.717, 1.165) is 16.8 Å². The summed E-state index contributed by atoms with van der Waals surface area (Å²) in [5.74, 6) is 0. The molecule has 2 amide bonds. The van der Waals surface area contributed by atoms with Crippen molar-refractivity contribution >= 4 is 23.0 Å². The average molecular weight is 219 g/mol. The molecule has 0 aliphatic heterocycles. The number of nitrogens with one attached hydrogen (secondary N) is 1. The van der Waals surface area contributed by atoms with Gasteiger partial charge in [-0.25, -0.2) is 4.79 Å². The number of anilines is 2. The van der Waals surface area contributed by atoms with Crippen LogP contribution in [0.4, 0.5) is 16.2 Å². The third kappa shape index (κ3) is 2.76. The van der Waals surface area contributed by atoms with Crippen LogP contribution >= 0.6 is 0 Å². The van der Waals surface area contributed by atoms with E-state index in [0.29, 0.717) is 5.69 Å². The maximum absolute atomic E-state index is 10.9. The summed E-state index contributed by atoms with van der Waals surface area (Å²) in [7, 11) is 3.87. The van der Waals surface area contributed by atoms with E-state index in [1.807, 2.05) is 44.1 Å². The van der Waals surface area contributed by atoms with Gasteiger partial charge in [-0.2, -0.15) is 0 Å². The minimum absolute atomic E-state index is 0.571. The first-order chi connectivity index (χ1) is 7.41. The van der Waals surface area contributed by atoms with Crippen molar-refractivity contribution in [1.29, 1.82) is 0 Å². The van der Waals surface area contributed by atoms with Crippen molar-refractivity contribution in [3.8, 4) is 0 Å². The van der Waals surface area contributed by atoms with Crippen LogP contribution in [0.25, 0.3) is 5.57 Å². The zero-order chi connectivity index (χ0) is 12.3. The highest BCUT2D eigenvalue weighted by Crippen LogP contribution is 2.27. The number of carbonyl (C=O) groups is 1. The van der Waals surface area contributed by atoms with Crippen molar-refractivity contribution in [3.05, 3.63) is 30.3 Å². The third-order valence-corrected chi connectivity index (χ3v) is 2.24. The second-order valence-electron chi connectivity index (χ2n) is 3.89. The predicted molar refractivity (Wildman–Crippen MR) is 68.7 cm³/mol. The Kier molecular flexibility index (Phi) is 3.55. The van der Waals surface area contributed by atoms with Gasteiger partial charge in [-0.3, -0.25) is 0 Å². The van der Waals surface area contributed by atoms with Crippen LogP contribution in [0.15, 0.2) is 24.8 Å². The van der Waals surface area contributed by atoms with Gasteiger partial charge in [0.1, 0.15) is 0 Å². The number of urea groups is 1. The molecule has 0 saturated carbocycles. The molecule has 0 atom stereocenters. The molecule has 0 spiro atoms. The van der Waals surface area contributed by atoms with E-state index >= 15 is 0 Å². The molecule has 0 heterocycles. The first-order valence-electron chi connectivity index (χ1n) is 4.95. The molecule has 16 heavy (non-hydrogen) atoms. The van der Waals surface area contributed by atoms with Crippen LogP contribution in [0.1, 0.15) is 12.5 Å². The number of hydrogen-bond acceptors (Lipinski definition) is 2. The van der Waals surface area contributed by atoms with E-state index in [1.54, 1.807) is 0 Å². The van der Waals surface area contributed by atoms with E-state index < -0.39 is 6.03 Å². The van der Waals surface area contributed by atoms with E-state index in [-0.39, 0.29) is 0 Å². The van der Waals surface area contributed by atoms with E-state index in [2.05, 4.69) is 11.9 Å². The van der Waals surface area contributed by atoms with Crippen LogP contribution in [0.2, 0.25) is 0 Å². The third-order valence-electron chi connectivity index (χ3n) is 2.24. The molecule has 4 nitrogen and oxygen atoms in total. The Morgan fingerprint density at radius 3 is 2.50 bits per heavy atom. The first kappa shape index (κ1) is 12.1. The maximum atomic E-state index is 10.9. The van der Waals surface area contributed by atoms with Gasteiger partial charge in [0, 0.05) is 25.3 Å². The fourth-order valence-electron chi connectivity index (χ4n) is 1.42. The molecule has 1 rings (SSSR count). The smallest absolute Gasteiger partial charge is 0.316 e. The standard InChI is InChI=1S/C12H17N3O/c1-8(2)10-6-5-9(15(3)4)7-11(10)14-12(13)16/h5-7H,1H2,2-4H3,(H3,13,14,16). The number of nitrogens with two attached hydrogens (primary N) is 1. The number of amides is 2.